The fourth-order valence-corrected chi connectivity index (χ4v) is 4.00. The zero-order valence-corrected chi connectivity index (χ0v) is 15.0. The lowest BCUT2D eigenvalue weighted by Gasteiger charge is -2.41. The third-order valence-electron chi connectivity index (χ3n) is 4.94. The summed E-state index contributed by atoms with van der Waals surface area (Å²) in [6.07, 6.45) is 3.45. The van der Waals surface area contributed by atoms with Crippen LogP contribution in [0.4, 0.5) is 4.39 Å². The number of hydrogen-bond acceptors (Lipinski definition) is 3. The molecule has 0 spiro atoms. The van der Waals surface area contributed by atoms with Crippen molar-refractivity contribution < 1.29 is 4.39 Å². The largest absolute Gasteiger partial charge is 0.357 e. The topological polar surface area (TPSA) is 44.8 Å². The molecule has 0 fully saturated rings. The first-order valence-electron chi connectivity index (χ1n) is 8.51. The second kappa shape index (κ2) is 6.39. The van der Waals surface area contributed by atoms with E-state index < -0.39 is 6.17 Å². The molecule has 1 unspecified atom stereocenters. The van der Waals surface area contributed by atoms with Crippen molar-refractivity contribution in [3.8, 4) is 0 Å². The highest BCUT2D eigenvalue weighted by atomic mass is 35.5. The number of benzene rings is 1. The van der Waals surface area contributed by atoms with Crippen LogP contribution < -0.4 is 0 Å². The lowest BCUT2D eigenvalue weighted by Crippen LogP contribution is -2.45. The van der Waals surface area contributed by atoms with Crippen LogP contribution in [-0.4, -0.2) is 38.6 Å². The summed E-state index contributed by atoms with van der Waals surface area (Å²) in [5.41, 5.74) is 4.43. The Morgan fingerprint density at radius 3 is 2.76 bits per heavy atom. The number of rotatable bonds is 3. The van der Waals surface area contributed by atoms with Gasteiger partial charge in [0, 0.05) is 47.1 Å². The van der Waals surface area contributed by atoms with E-state index in [-0.39, 0.29) is 17.4 Å². The molecule has 3 aromatic rings. The van der Waals surface area contributed by atoms with Gasteiger partial charge in [-0.05, 0) is 43.5 Å². The standard InChI is InChI=1S/C19H20ClFN4/c1-11(21)10-25-12(2)7-15-14-5-3-4-6-16(14)24-17(15)18(25)13-8-22-19(20)23-9-13/h3-6,8-9,11-12,18,24H,7,10H2,1-2H3/t11?,12-,18-/m1/s1. The van der Waals surface area contributed by atoms with Crippen LogP contribution in [0.1, 0.15) is 36.7 Å². The molecule has 4 rings (SSSR count). The normalized spacial score (nSPS) is 22.1. The van der Waals surface area contributed by atoms with E-state index in [0.29, 0.717) is 6.54 Å². The summed E-state index contributed by atoms with van der Waals surface area (Å²) >= 11 is 5.86. The summed E-state index contributed by atoms with van der Waals surface area (Å²) in [7, 11) is 0. The van der Waals surface area contributed by atoms with Gasteiger partial charge in [-0.3, -0.25) is 4.90 Å². The lowest BCUT2D eigenvalue weighted by atomic mass is 9.89. The average molecular weight is 359 g/mol. The van der Waals surface area contributed by atoms with E-state index in [1.54, 1.807) is 19.3 Å². The van der Waals surface area contributed by atoms with Crippen LogP contribution in [0.25, 0.3) is 10.9 Å². The molecule has 0 bridgehead atoms. The van der Waals surface area contributed by atoms with E-state index in [4.69, 9.17) is 11.6 Å². The second-order valence-electron chi connectivity index (χ2n) is 6.78. The van der Waals surface area contributed by atoms with Crippen molar-refractivity contribution in [2.75, 3.05) is 6.54 Å². The Kier molecular flexibility index (Phi) is 4.21. The summed E-state index contributed by atoms with van der Waals surface area (Å²) in [6, 6.07) is 8.40. The van der Waals surface area contributed by atoms with Crippen molar-refractivity contribution in [3.05, 3.63) is 58.8 Å². The van der Waals surface area contributed by atoms with Gasteiger partial charge in [0.25, 0.3) is 0 Å². The number of H-pyrrole nitrogens is 1. The molecule has 1 aliphatic heterocycles. The van der Waals surface area contributed by atoms with Gasteiger partial charge in [-0.1, -0.05) is 18.2 Å². The molecule has 1 aromatic carbocycles. The molecule has 0 amide bonds. The molecule has 0 aliphatic carbocycles. The van der Waals surface area contributed by atoms with Crippen molar-refractivity contribution in [1.29, 1.82) is 0 Å². The predicted octanol–water partition coefficient (Wildman–Crippen LogP) is 4.31. The summed E-state index contributed by atoms with van der Waals surface area (Å²) in [4.78, 5) is 14.0. The number of alkyl halides is 1. The van der Waals surface area contributed by atoms with Gasteiger partial charge in [0.1, 0.15) is 6.17 Å². The molecule has 0 saturated heterocycles. The van der Waals surface area contributed by atoms with Gasteiger partial charge in [0.2, 0.25) is 5.28 Å². The maximum absolute atomic E-state index is 13.9. The fourth-order valence-electron chi connectivity index (χ4n) is 3.90. The van der Waals surface area contributed by atoms with Crippen LogP contribution >= 0.6 is 11.6 Å². The summed E-state index contributed by atoms with van der Waals surface area (Å²) in [6.45, 7) is 4.11. The quantitative estimate of drug-likeness (QED) is 0.710. The molecule has 25 heavy (non-hydrogen) atoms. The number of hydrogen-bond donors (Lipinski definition) is 1. The maximum atomic E-state index is 13.9. The minimum atomic E-state index is -0.913. The van der Waals surface area contributed by atoms with E-state index in [0.717, 1.165) is 23.2 Å². The summed E-state index contributed by atoms with van der Waals surface area (Å²) in [5.74, 6) is 0. The number of nitrogens with zero attached hydrogens (tertiary/aromatic N) is 3. The van der Waals surface area contributed by atoms with Crippen LogP contribution in [0.15, 0.2) is 36.7 Å². The molecule has 2 aromatic heterocycles. The molecule has 130 valence electrons. The van der Waals surface area contributed by atoms with Crippen molar-refractivity contribution in [3.63, 3.8) is 0 Å². The highest BCUT2D eigenvalue weighted by Gasteiger charge is 2.36. The molecule has 3 heterocycles. The maximum Gasteiger partial charge on any atom is 0.222 e. The van der Waals surface area contributed by atoms with Gasteiger partial charge in [0.15, 0.2) is 0 Å². The summed E-state index contributed by atoms with van der Waals surface area (Å²) in [5, 5.41) is 1.45. The van der Waals surface area contributed by atoms with E-state index in [1.165, 1.54) is 10.9 Å². The van der Waals surface area contributed by atoms with E-state index in [1.807, 2.05) is 6.07 Å². The summed E-state index contributed by atoms with van der Waals surface area (Å²) < 4.78 is 13.9. The van der Waals surface area contributed by atoms with Crippen LogP contribution in [-0.2, 0) is 6.42 Å². The zero-order valence-electron chi connectivity index (χ0n) is 14.2. The van der Waals surface area contributed by atoms with Gasteiger partial charge >= 0.3 is 0 Å². The fraction of sp³-hybridized carbons (Fsp3) is 0.368. The van der Waals surface area contributed by atoms with Crippen LogP contribution in [0.3, 0.4) is 0 Å². The van der Waals surface area contributed by atoms with Crippen LogP contribution in [0.5, 0.6) is 0 Å². The Balaban J connectivity index is 1.90. The number of para-hydroxylation sites is 1. The second-order valence-corrected chi connectivity index (χ2v) is 7.12. The Morgan fingerprint density at radius 2 is 2.04 bits per heavy atom. The van der Waals surface area contributed by atoms with Gasteiger partial charge < -0.3 is 4.98 Å². The molecule has 0 saturated carbocycles. The van der Waals surface area contributed by atoms with Gasteiger partial charge in [-0.2, -0.15) is 0 Å². The number of halogens is 2. The third-order valence-corrected chi connectivity index (χ3v) is 5.13. The van der Waals surface area contributed by atoms with Gasteiger partial charge in [-0.15, -0.1) is 0 Å². The van der Waals surface area contributed by atoms with Crippen molar-refractivity contribution in [2.24, 2.45) is 0 Å². The first kappa shape index (κ1) is 16.5. The SMILES string of the molecule is CC(F)CN1[C@H](c2cnc(Cl)nc2)c2[nH]c3ccccc3c2C[C@H]1C. The minimum absolute atomic E-state index is 0.110. The molecule has 1 N–H and O–H groups in total. The Bertz CT molecular complexity index is 890. The van der Waals surface area contributed by atoms with Crippen LogP contribution in [0.2, 0.25) is 5.28 Å². The zero-order chi connectivity index (χ0) is 17.6. The molecule has 1 aliphatic rings. The first-order valence-corrected chi connectivity index (χ1v) is 8.89. The number of aromatic nitrogens is 3. The highest BCUT2D eigenvalue weighted by molar-refractivity contribution is 6.28. The Labute approximate surface area is 151 Å². The molecular weight excluding hydrogens is 339 g/mol. The monoisotopic (exact) mass is 358 g/mol. The van der Waals surface area contributed by atoms with Crippen molar-refractivity contribution >= 4 is 22.5 Å². The highest BCUT2D eigenvalue weighted by Crippen LogP contribution is 2.40. The smallest absolute Gasteiger partial charge is 0.222 e. The first-order chi connectivity index (χ1) is 12.0. The molecule has 4 nitrogen and oxygen atoms in total. The molecular formula is C19H20ClFN4. The predicted molar refractivity (Wildman–Crippen MR) is 97.6 cm³/mol. The molecule has 0 radical (unpaired) electrons. The minimum Gasteiger partial charge on any atom is -0.357 e. The van der Waals surface area contributed by atoms with Gasteiger partial charge in [0.05, 0.1) is 6.04 Å². The third kappa shape index (κ3) is 2.92. The lowest BCUT2D eigenvalue weighted by molar-refractivity contribution is 0.112. The number of aromatic amines is 1. The molecule has 3 atom stereocenters. The van der Waals surface area contributed by atoms with Crippen molar-refractivity contribution in [2.45, 2.75) is 38.5 Å². The van der Waals surface area contributed by atoms with E-state index >= 15 is 0 Å². The average Bonchev–Trinajstić information content (AvgIpc) is 2.94. The Hall–Kier alpha value is -1.98. The Morgan fingerprint density at radius 1 is 1.32 bits per heavy atom. The van der Waals surface area contributed by atoms with Gasteiger partial charge in [-0.25, -0.2) is 14.4 Å². The van der Waals surface area contributed by atoms with E-state index in [2.05, 4.69) is 45.0 Å². The van der Waals surface area contributed by atoms with Crippen molar-refractivity contribution in [1.82, 2.24) is 19.9 Å². The number of nitrogens with one attached hydrogen (secondary N) is 1. The number of fused-ring (bicyclic) bond motifs is 3. The molecule has 6 heteroatoms. The van der Waals surface area contributed by atoms with E-state index in [9.17, 15) is 4.39 Å². The van der Waals surface area contributed by atoms with Crippen LogP contribution in [0, 0.1) is 0 Å².